The molecule has 7 heteroatoms. The van der Waals surface area contributed by atoms with E-state index >= 15 is 0 Å². The molecule has 2 N–H and O–H groups in total. The Labute approximate surface area is 204 Å². The fraction of sp³-hybridized carbons (Fsp3) is 0.259. The van der Waals surface area contributed by atoms with Crippen molar-refractivity contribution in [1.82, 2.24) is 14.9 Å². The molecule has 1 heterocycles. The zero-order chi connectivity index (χ0) is 24.1. The second kappa shape index (κ2) is 10.7. The minimum Gasteiger partial charge on any atom is -0.491 e. The molecule has 1 unspecified atom stereocenters. The van der Waals surface area contributed by atoms with Gasteiger partial charge in [0.15, 0.2) is 0 Å². The van der Waals surface area contributed by atoms with E-state index in [-0.39, 0.29) is 25.5 Å². The fourth-order valence-corrected chi connectivity index (χ4v) is 4.07. The van der Waals surface area contributed by atoms with Crippen molar-refractivity contribution in [3.05, 3.63) is 94.3 Å². The fourth-order valence-electron chi connectivity index (χ4n) is 3.95. The smallest absolute Gasteiger partial charge is 0.227 e. The largest absolute Gasteiger partial charge is 0.491 e. The lowest BCUT2D eigenvalue weighted by Gasteiger charge is -2.16. The Balaban J connectivity index is 1.43. The van der Waals surface area contributed by atoms with Gasteiger partial charge in [-0.25, -0.2) is 4.98 Å². The summed E-state index contributed by atoms with van der Waals surface area (Å²) < 4.78 is 7.73. The van der Waals surface area contributed by atoms with Crippen LogP contribution in [0.1, 0.15) is 22.5 Å². The summed E-state index contributed by atoms with van der Waals surface area (Å²) in [6.45, 7) is 4.83. The van der Waals surface area contributed by atoms with E-state index in [1.807, 2.05) is 66.9 Å². The number of aliphatic hydroxyl groups excluding tert-OH is 1. The molecule has 0 saturated carbocycles. The zero-order valence-electron chi connectivity index (χ0n) is 19.3. The molecule has 0 aliphatic heterocycles. The predicted octanol–water partition coefficient (Wildman–Crippen LogP) is 4.61. The van der Waals surface area contributed by atoms with Crippen molar-refractivity contribution in [2.75, 3.05) is 6.61 Å². The first-order valence-electron chi connectivity index (χ1n) is 11.2. The summed E-state index contributed by atoms with van der Waals surface area (Å²) in [7, 11) is 0. The van der Waals surface area contributed by atoms with Crippen molar-refractivity contribution in [3.8, 4) is 5.75 Å². The first-order valence-corrected chi connectivity index (χ1v) is 11.6. The number of rotatable bonds is 9. The molecule has 0 spiro atoms. The molecule has 3 aromatic carbocycles. The average Bonchev–Trinajstić information content (AvgIpc) is 3.13. The van der Waals surface area contributed by atoms with E-state index in [1.165, 1.54) is 0 Å². The Hall–Kier alpha value is -3.35. The van der Waals surface area contributed by atoms with Gasteiger partial charge in [0.05, 0.1) is 24.0 Å². The van der Waals surface area contributed by atoms with Crippen molar-refractivity contribution in [1.29, 1.82) is 0 Å². The minimum atomic E-state index is -0.769. The summed E-state index contributed by atoms with van der Waals surface area (Å²) in [4.78, 5) is 17.3. The number of fused-ring (bicyclic) bond motifs is 1. The lowest BCUT2D eigenvalue weighted by atomic mass is 10.1. The number of amides is 1. The maximum atomic E-state index is 12.7. The molecule has 4 aromatic rings. The lowest BCUT2D eigenvalue weighted by Crippen LogP contribution is -2.28. The topological polar surface area (TPSA) is 76.4 Å². The lowest BCUT2D eigenvalue weighted by molar-refractivity contribution is -0.120. The standard InChI is InChI=1S/C27H28ClN3O3/c1-18-11-19(2)13-23(12-18)34-17-22(32)16-31-25-6-4-3-5-24(25)30-26(31)14-27(33)29-15-20-7-9-21(28)10-8-20/h3-13,22,32H,14-17H2,1-2H3,(H,29,33). The third-order valence-electron chi connectivity index (χ3n) is 5.49. The molecule has 0 aliphatic rings. The molecule has 1 amide bonds. The van der Waals surface area contributed by atoms with Crippen LogP contribution in [0.15, 0.2) is 66.7 Å². The van der Waals surface area contributed by atoms with Crippen molar-refractivity contribution in [2.45, 2.75) is 39.5 Å². The highest BCUT2D eigenvalue weighted by Gasteiger charge is 2.17. The van der Waals surface area contributed by atoms with Gasteiger partial charge in [-0.05, 0) is 66.9 Å². The summed E-state index contributed by atoms with van der Waals surface area (Å²) in [5.41, 5.74) is 4.83. The summed E-state index contributed by atoms with van der Waals surface area (Å²) in [6, 6.07) is 21.0. The first-order chi connectivity index (χ1) is 16.4. The highest BCUT2D eigenvalue weighted by Crippen LogP contribution is 2.19. The molecular weight excluding hydrogens is 450 g/mol. The van der Waals surface area contributed by atoms with E-state index in [9.17, 15) is 9.90 Å². The van der Waals surface area contributed by atoms with Gasteiger partial charge >= 0.3 is 0 Å². The van der Waals surface area contributed by atoms with E-state index in [1.54, 1.807) is 12.1 Å². The van der Waals surface area contributed by atoms with Crippen LogP contribution in [0.4, 0.5) is 0 Å². The molecule has 0 fully saturated rings. The molecule has 4 rings (SSSR count). The Kier molecular flexibility index (Phi) is 7.50. The van der Waals surface area contributed by atoms with Crippen molar-refractivity contribution in [3.63, 3.8) is 0 Å². The Morgan fingerprint density at radius 3 is 2.53 bits per heavy atom. The summed E-state index contributed by atoms with van der Waals surface area (Å²) in [6.07, 6.45) is -0.665. The number of para-hydroxylation sites is 2. The number of nitrogens with zero attached hydrogens (tertiary/aromatic N) is 2. The minimum absolute atomic E-state index is 0.104. The summed E-state index contributed by atoms with van der Waals surface area (Å²) >= 11 is 5.92. The van der Waals surface area contributed by atoms with Gasteiger partial charge in [-0.3, -0.25) is 4.79 Å². The Morgan fingerprint density at radius 2 is 1.79 bits per heavy atom. The van der Waals surface area contributed by atoms with Gasteiger partial charge in [-0.2, -0.15) is 0 Å². The van der Waals surface area contributed by atoms with Gasteiger partial charge in [-0.15, -0.1) is 0 Å². The number of imidazole rings is 1. The SMILES string of the molecule is Cc1cc(C)cc(OCC(O)Cn2c(CC(=O)NCc3ccc(Cl)cc3)nc3ccccc32)c1. The molecule has 176 valence electrons. The third-order valence-corrected chi connectivity index (χ3v) is 5.74. The maximum absolute atomic E-state index is 12.7. The third kappa shape index (κ3) is 6.16. The van der Waals surface area contributed by atoms with Crippen LogP contribution in [0.25, 0.3) is 11.0 Å². The van der Waals surface area contributed by atoms with E-state index < -0.39 is 6.10 Å². The van der Waals surface area contributed by atoms with Gasteiger partial charge in [0.25, 0.3) is 0 Å². The summed E-state index contributed by atoms with van der Waals surface area (Å²) in [5, 5.41) is 14.3. The number of benzene rings is 3. The van der Waals surface area contributed by atoms with E-state index in [4.69, 9.17) is 16.3 Å². The van der Waals surface area contributed by atoms with Gasteiger partial charge in [0.1, 0.15) is 24.3 Å². The molecule has 1 atom stereocenters. The number of carbonyl (C=O) groups excluding carboxylic acids is 1. The molecule has 0 saturated heterocycles. The van der Waals surface area contributed by atoms with Gasteiger partial charge in [0.2, 0.25) is 5.91 Å². The van der Waals surface area contributed by atoms with Crippen LogP contribution in [0, 0.1) is 13.8 Å². The number of hydrogen-bond donors (Lipinski definition) is 2. The van der Waals surface area contributed by atoms with Gasteiger partial charge < -0.3 is 19.7 Å². The van der Waals surface area contributed by atoms with Crippen LogP contribution in [0.5, 0.6) is 5.75 Å². The zero-order valence-corrected chi connectivity index (χ0v) is 20.0. The van der Waals surface area contributed by atoms with E-state index in [0.29, 0.717) is 17.4 Å². The van der Waals surface area contributed by atoms with Crippen molar-refractivity contribution < 1.29 is 14.6 Å². The van der Waals surface area contributed by atoms with Crippen LogP contribution in [-0.4, -0.2) is 33.3 Å². The number of nitrogens with one attached hydrogen (secondary N) is 1. The molecule has 0 aliphatic carbocycles. The first kappa shape index (κ1) is 23.8. The second-order valence-electron chi connectivity index (χ2n) is 8.50. The highest BCUT2D eigenvalue weighted by molar-refractivity contribution is 6.30. The monoisotopic (exact) mass is 477 g/mol. The number of aryl methyl sites for hydroxylation is 2. The number of hydrogen-bond acceptors (Lipinski definition) is 4. The van der Waals surface area contributed by atoms with Crippen molar-refractivity contribution >= 4 is 28.5 Å². The summed E-state index contributed by atoms with van der Waals surface area (Å²) in [5.74, 6) is 1.18. The van der Waals surface area contributed by atoms with E-state index in [0.717, 1.165) is 33.5 Å². The van der Waals surface area contributed by atoms with Crippen LogP contribution in [0.2, 0.25) is 5.02 Å². The van der Waals surface area contributed by atoms with E-state index in [2.05, 4.69) is 16.4 Å². The second-order valence-corrected chi connectivity index (χ2v) is 8.93. The number of ether oxygens (including phenoxy) is 1. The number of aliphatic hydroxyl groups is 1. The van der Waals surface area contributed by atoms with Crippen molar-refractivity contribution in [2.24, 2.45) is 0 Å². The number of aromatic nitrogens is 2. The molecule has 0 radical (unpaired) electrons. The number of carbonyl (C=O) groups is 1. The Morgan fingerprint density at radius 1 is 1.09 bits per heavy atom. The quantitative estimate of drug-likeness (QED) is 0.369. The highest BCUT2D eigenvalue weighted by atomic mass is 35.5. The van der Waals surface area contributed by atoms with Crippen LogP contribution in [-0.2, 0) is 24.3 Å². The molecular formula is C27H28ClN3O3. The van der Waals surface area contributed by atoms with Crippen LogP contribution >= 0.6 is 11.6 Å². The normalized spacial score (nSPS) is 12.0. The predicted molar refractivity (Wildman–Crippen MR) is 134 cm³/mol. The molecule has 1 aromatic heterocycles. The van der Waals surface area contributed by atoms with Gasteiger partial charge in [-0.1, -0.05) is 41.9 Å². The maximum Gasteiger partial charge on any atom is 0.227 e. The van der Waals surface area contributed by atoms with Crippen LogP contribution in [0.3, 0.4) is 0 Å². The van der Waals surface area contributed by atoms with Crippen LogP contribution < -0.4 is 10.1 Å². The molecule has 0 bridgehead atoms. The Bertz CT molecular complexity index is 1260. The average molecular weight is 478 g/mol. The molecule has 6 nitrogen and oxygen atoms in total. The molecule has 34 heavy (non-hydrogen) atoms. The number of halogens is 1. The van der Waals surface area contributed by atoms with Gasteiger partial charge in [0, 0.05) is 11.6 Å².